The first kappa shape index (κ1) is 9.00. The molecule has 148 valence electrons. The predicted molar refractivity (Wildman–Crippen MR) is 110 cm³/mol. The highest BCUT2D eigenvalue weighted by Crippen LogP contribution is 2.39. The van der Waals surface area contributed by atoms with Gasteiger partial charge in [-0.1, -0.05) is 30.3 Å². The molecule has 0 bridgehead atoms. The van der Waals surface area contributed by atoms with E-state index in [1.54, 1.807) is 18.2 Å². The Labute approximate surface area is 185 Å². The van der Waals surface area contributed by atoms with Gasteiger partial charge >= 0.3 is 0 Å². The number of ether oxygens (including phenoxy) is 2. The molecule has 2 aliphatic rings. The number of ketones is 1. The lowest BCUT2D eigenvalue weighted by molar-refractivity contribution is 0.0895. The zero-order chi connectivity index (χ0) is 31.1. The summed E-state index contributed by atoms with van der Waals surface area (Å²) in [6.07, 6.45) is -11.1. The van der Waals surface area contributed by atoms with Gasteiger partial charge in [-0.05, 0) is 67.6 Å². The van der Waals surface area contributed by atoms with E-state index in [4.69, 9.17) is 27.3 Å². The van der Waals surface area contributed by atoms with Crippen molar-refractivity contribution in [3.8, 4) is 11.5 Å². The van der Waals surface area contributed by atoms with Crippen molar-refractivity contribution >= 4 is 5.78 Å². The molecule has 0 saturated carbocycles. The van der Waals surface area contributed by atoms with E-state index in [0.717, 1.165) is 14.2 Å². The van der Waals surface area contributed by atoms with E-state index in [9.17, 15) is 4.79 Å². The quantitative estimate of drug-likeness (QED) is 0.732. The molecule has 4 rings (SSSR count). The fourth-order valence-corrected chi connectivity index (χ4v) is 3.08. The molecule has 1 fully saturated rings. The van der Waals surface area contributed by atoms with Gasteiger partial charge in [0, 0.05) is 33.1 Å². The van der Waals surface area contributed by atoms with Crippen LogP contribution >= 0.6 is 0 Å². The van der Waals surface area contributed by atoms with E-state index in [2.05, 4.69) is 0 Å². The lowest BCUT2D eigenvalue weighted by Crippen LogP contribution is -2.34. The Balaban J connectivity index is 1.88. The highest BCUT2D eigenvalue weighted by atomic mass is 16.5. The molecule has 1 saturated heterocycles. The first-order valence-electron chi connectivity index (χ1n) is 15.3. The van der Waals surface area contributed by atoms with Crippen LogP contribution in [0.4, 0.5) is 0 Å². The molecule has 1 aliphatic carbocycles. The number of benzene rings is 2. The summed E-state index contributed by atoms with van der Waals surface area (Å²) in [4.78, 5) is 14.0. The molecule has 0 N–H and O–H groups in total. The number of methoxy groups -OCH3 is 2. The highest BCUT2D eigenvalue weighted by Gasteiger charge is 2.34. The Morgan fingerprint density at radius 2 is 1.82 bits per heavy atom. The molecule has 1 aliphatic heterocycles. The summed E-state index contributed by atoms with van der Waals surface area (Å²) >= 11 is 0. The number of fused-ring (bicyclic) bond motifs is 1. The van der Waals surface area contributed by atoms with Gasteiger partial charge in [0.2, 0.25) is 0 Å². The molecular formula is C24H29NO3. The fraction of sp³-hybridized carbons (Fsp3) is 0.458. The minimum Gasteiger partial charge on any atom is -0.493 e. The fourth-order valence-electron chi connectivity index (χ4n) is 3.08. The van der Waals surface area contributed by atoms with Crippen molar-refractivity contribution < 1.29 is 32.1 Å². The molecule has 1 heterocycles. The first-order chi connectivity index (χ1) is 18.7. The van der Waals surface area contributed by atoms with Gasteiger partial charge in [0.1, 0.15) is 0 Å². The molecule has 1 atom stereocenters. The monoisotopic (exact) mass is 392 g/mol. The van der Waals surface area contributed by atoms with Crippen LogP contribution < -0.4 is 9.47 Å². The van der Waals surface area contributed by atoms with Gasteiger partial charge in [-0.2, -0.15) is 0 Å². The van der Waals surface area contributed by atoms with Crippen LogP contribution in [0.3, 0.4) is 0 Å². The average Bonchev–Trinajstić information content (AvgIpc) is 3.08. The van der Waals surface area contributed by atoms with E-state index >= 15 is 0 Å². The SMILES string of the molecule is [2H]c1c(OC)c(OC)c([2H])c2c1C(=O)C(CC1([2H])C([2H])([2H])C([2H])([2H])N(Cc3ccccc3)C([2H])([2H])C1([2H])[2H])C2([2H])[2H]. The predicted octanol–water partition coefficient (Wildman–Crippen LogP) is 4.36. The van der Waals surface area contributed by atoms with Crippen LogP contribution in [0.5, 0.6) is 11.5 Å². The Kier molecular flexibility index (Phi) is 2.69. The summed E-state index contributed by atoms with van der Waals surface area (Å²) in [5, 5.41) is 0. The highest BCUT2D eigenvalue weighted by molar-refractivity contribution is 6.02. The van der Waals surface area contributed by atoms with Crippen LogP contribution in [0.25, 0.3) is 0 Å². The maximum atomic E-state index is 13.7. The normalized spacial score (nSPS) is 37.1. The third-order valence-electron chi connectivity index (χ3n) is 4.50. The number of carbonyl (C=O) groups excluding carboxylic acids is 1. The van der Waals surface area contributed by atoms with Crippen LogP contribution in [-0.4, -0.2) is 37.9 Å². The van der Waals surface area contributed by atoms with Gasteiger partial charge in [0.25, 0.3) is 0 Å². The summed E-state index contributed by atoms with van der Waals surface area (Å²) in [5.74, 6) is -7.21. The average molecular weight is 393 g/mol. The van der Waals surface area contributed by atoms with Gasteiger partial charge in [0.05, 0.1) is 17.0 Å². The minimum atomic E-state index is -3.50. The number of Topliss-reactive ketones (excluding diaryl/α,β-unsaturated/α-hetero) is 1. The number of carbonyl (C=O) groups is 1. The van der Waals surface area contributed by atoms with Gasteiger partial charge in [-0.25, -0.2) is 0 Å². The number of hydrogen-bond donors (Lipinski definition) is 0. The second-order valence-electron chi connectivity index (χ2n) is 6.36. The van der Waals surface area contributed by atoms with Crippen LogP contribution in [0.2, 0.25) is 0 Å². The molecular weight excluding hydrogens is 350 g/mol. The lowest BCUT2D eigenvalue weighted by Gasteiger charge is -2.32. The zero-order valence-electron chi connectivity index (χ0n) is 28.6. The molecule has 2 aromatic carbocycles. The topological polar surface area (TPSA) is 38.8 Å². The molecule has 0 aromatic heterocycles. The van der Waals surface area contributed by atoms with Crippen molar-refractivity contribution in [2.45, 2.75) is 32.1 Å². The molecule has 0 spiro atoms. The zero-order valence-corrected chi connectivity index (χ0v) is 15.6. The Hall–Kier alpha value is -2.33. The van der Waals surface area contributed by atoms with Crippen molar-refractivity contribution in [3.05, 3.63) is 59.1 Å². The third kappa shape index (κ3) is 3.93. The van der Waals surface area contributed by atoms with Crippen molar-refractivity contribution in [3.63, 3.8) is 0 Å². The number of likely N-dealkylation sites (tertiary alicyclic amines) is 1. The smallest absolute Gasteiger partial charge is 0.166 e. The maximum absolute atomic E-state index is 13.7. The molecule has 0 radical (unpaired) electrons. The summed E-state index contributed by atoms with van der Waals surface area (Å²) in [6, 6.07) is 6.68. The molecule has 4 nitrogen and oxygen atoms in total. The second-order valence-corrected chi connectivity index (χ2v) is 6.36. The van der Waals surface area contributed by atoms with Crippen molar-refractivity contribution in [1.82, 2.24) is 4.90 Å². The van der Waals surface area contributed by atoms with Crippen LogP contribution in [-0.2, 0) is 12.9 Å². The number of hydrogen-bond acceptors (Lipinski definition) is 4. The van der Waals surface area contributed by atoms with Gasteiger partial charge < -0.3 is 9.47 Å². The first-order valence-corrected chi connectivity index (χ1v) is 8.80. The number of rotatable bonds is 6. The van der Waals surface area contributed by atoms with Gasteiger partial charge in [-0.15, -0.1) is 0 Å². The molecule has 1 unspecified atom stereocenters. The largest absolute Gasteiger partial charge is 0.493 e. The lowest BCUT2D eigenvalue weighted by atomic mass is 9.85. The minimum absolute atomic E-state index is 0.325. The standard InChI is InChI=1S/C24H29NO3/c1-27-22-14-19-13-20(24(26)21(19)15-23(22)28-2)12-17-8-10-25(11-9-17)16-18-6-4-3-5-7-18/h3-7,14-15,17,20H,8-13,16H2,1-2H3/i8D2,9D2,10D2,11D2,13D2,14D,15D,17D. The van der Waals surface area contributed by atoms with Crippen molar-refractivity contribution in [2.75, 3.05) is 27.2 Å². The summed E-state index contributed by atoms with van der Waals surface area (Å²) in [5.41, 5.74) is -0.789. The van der Waals surface area contributed by atoms with E-state index in [0.29, 0.717) is 10.5 Å². The van der Waals surface area contributed by atoms with Crippen molar-refractivity contribution in [1.29, 1.82) is 0 Å². The third-order valence-corrected chi connectivity index (χ3v) is 4.50. The molecule has 28 heavy (non-hydrogen) atoms. The molecule has 4 heteroatoms. The van der Waals surface area contributed by atoms with Crippen LogP contribution in [0.1, 0.15) is 58.5 Å². The van der Waals surface area contributed by atoms with Gasteiger partial charge in [-0.3, -0.25) is 9.69 Å². The van der Waals surface area contributed by atoms with E-state index in [1.807, 2.05) is 0 Å². The summed E-state index contributed by atoms with van der Waals surface area (Å²) in [7, 11) is 2.31. The van der Waals surface area contributed by atoms with Crippen molar-refractivity contribution in [2.24, 2.45) is 11.8 Å². The van der Waals surface area contributed by atoms with Gasteiger partial charge in [0.15, 0.2) is 17.3 Å². The summed E-state index contributed by atoms with van der Waals surface area (Å²) in [6.45, 7) is -7.17. The second kappa shape index (κ2) is 8.36. The van der Waals surface area contributed by atoms with E-state index < -0.39 is 85.9 Å². The van der Waals surface area contributed by atoms with E-state index in [-0.39, 0.29) is 11.5 Å². The summed E-state index contributed by atoms with van der Waals surface area (Å²) < 4.78 is 123. The number of nitrogens with zero attached hydrogens (tertiary/aromatic N) is 1. The maximum Gasteiger partial charge on any atom is 0.166 e. The Morgan fingerprint density at radius 1 is 1.14 bits per heavy atom. The van der Waals surface area contributed by atoms with Crippen LogP contribution in [0, 0.1) is 11.8 Å². The number of piperidine rings is 1. The van der Waals surface area contributed by atoms with Crippen LogP contribution in [0.15, 0.2) is 42.4 Å². The molecule has 2 aromatic rings. The Bertz CT molecular complexity index is 1350. The van der Waals surface area contributed by atoms with E-state index in [1.165, 1.54) is 12.1 Å². The Morgan fingerprint density at radius 3 is 2.50 bits per heavy atom. The molecule has 0 amide bonds.